The molecule has 0 spiro atoms. The van der Waals surface area contributed by atoms with E-state index in [0.29, 0.717) is 24.3 Å². The molecule has 1 aromatic carbocycles. The molecular weight excluding hydrogens is 315 g/mol. The number of amides is 1. The first-order valence-corrected chi connectivity index (χ1v) is 7.40. The van der Waals surface area contributed by atoms with Gasteiger partial charge in [-0.3, -0.25) is 9.69 Å². The lowest BCUT2D eigenvalue weighted by molar-refractivity contribution is -0.117. The molecular formula is C16H17FN4O3. The summed E-state index contributed by atoms with van der Waals surface area (Å²) in [6.07, 6.45) is 2.69. The van der Waals surface area contributed by atoms with Gasteiger partial charge in [0.25, 0.3) is 0 Å². The van der Waals surface area contributed by atoms with Crippen molar-refractivity contribution in [2.75, 3.05) is 24.4 Å². The zero-order chi connectivity index (χ0) is 17.1. The van der Waals surface area contributed by atoms with Crippen LogP contribution in [0.2, 0.25) is 0 Å². The highest BCUT2D eigenvalue weighted by atomic mass is 19.1. The van der Waals surface area contributed by atoms with Crippen molar-refractivity contribution in [1.82, 2.24) is 9.97 Å². The predicted molar refractivity (Wildman–Crippen MR) is 85.7 cm³/mol. The van der Waals surface area contributed by atoms with Crippen LogP contribution >= 0.6 is 0 Å². The van der Waals surface area contributed by atoms with Gasteiger partial charge in [0, 0.05) is 30.3 Å². The van der Waals surface area contributed by atoms with E-state index >= 15 is 0 Å². The molecule has 1 atom stereocenters. The van der Waals surface area contributed by atoms with Gasteiger partial charge < -0.3 is 14.8 Å². The Morgan fingerprint density at radius 1 is 1.17 bits per heavy atom. The fourth-order valence-electron chi connectivity index (χ4n) is 2.58. The Labute approximate surface area is 138 Å². The van der Waals surface area contributed by atoms with Crippen LogP contribution < -0.4 is 19.7 Å². The first-order valence-electron chi connectivity index (χ1n) is 7.40. The number of aromatic nitrogens is 2. The Morgan fingerprint density at radius 3 is 2.38 bits per heavy atom. The Hall–Kier alpha value is -2.90. The molecule has 1 fully saturated rings. The summed E-state index contributed by atoms with van der Waals surface area (Å²) in [4.78, 5) is 21.4. The lowest BCUT2D eigenvalue weighted by atomic mass is 10.2. The minimum Gasteiger partial charge on any atom is -0.497 e. The summed E-state index contributed by atoms with van der Waals surface area (Å²) in [6, 6.07) is 5.36. The number of hydrogen-bond donors (Lipinski definition) is 1. The van der Waals surface area contributed by atoms with Crippen molar-refractivity contribution < 1.29 is 18.7 Å². The molecule has 1 aliphatic rings. The fraction of sp³-hybridized carbons (Fsp3) is 0.312. The first-order chi connectivity index (χ1) is 11.6. The molecule has 1 N–H and O–H groups in total. The Morgan fingerprint density at radius 2 is 1.79 bits per heavy atom. The molecule has 8 heteroatoms. The minimum absolute atomic E-state index is 0.117. The number of rotatable bonds is 5. The van der Waals surface area contributed by atoms with Gasteiger partial charge in [0.05, 0.1) is 26.6 Å². The van der Waals surface area contributed by atoms with E-state index in [9.17, 15) is 9.18 Å². The van der Waals surface area contributed by atoms with Crippen LogP contribution in [-0.4, -0.2) is 36.3 Å². The third-order valence-electron chi connectivity index (χ3n) is 3.72. The Bertz CT molecular complexity index is 716. The molecule has 1 saturated heterocycles. The molecule has 0 bridgehead atoms. The maximum Gasteiger partial charge on any atom is 0.233 e. The number of nitrogens with one attached hydrogen (secondary N) is 1. The molecule has 2 heterocycles. The number of carbonyl (C=O) groups excluding carboxylic acids is 1. The number of carbonyl (C=O) groups is 1. The topological polar surface area (TPSA) is 76.6 Å². The standard InChI is InChI=1S/C16H17FN4O3/c1-23-12-5-11(6-13(7-12)24-2)20-14-3-4-15(22)21(14)16-18-8-10(17)9-19-16/h5-9,14,20H,3-4H2,1-2H3. The Kier molecular flexibility index (Phi) is 4.45. The second-order valence-corrected chi connectivity index (χ2v) is 5.27. The zero-order valence-electron chi connectivity index (χ0n) is 13.3. The minimum atomic E-state index is -0.549. The van der Waals surface area contributed by atoms with E-state index in [1.807, 2.05) is 0 Å². The van der Waals surface area contributed by atoms with Gasteiger partial charge in [-0.05, 0) is 6.42 Å². The second kappa shape index (κ2) is 6.69. The lowest BCUT2D eigenvalue weighted by Crippen LogP contribution is -2.39. The van der Waals surface area contributed by atoms with Crippen molar-refractivity contribution >= 4 is 17.5 Å². The van der Waals surface area contributed by atoms with Crippen LogP contribution in [-0.2, 0) is 4.79 Å². The van der Waals surface area contributed by atoms with E-state index in [1.54, 1.807) is 32.4 Å². The molecule has 0 saturated carbocycles. The number of nitrogens with zero attached hydrogens (tertiary/aromatic N) is 3. The summed E-state index contributed by atoms with van der Waals surface area (Å²) in [7, 11) is 3.13. The maximum absolute atomic E-state index is 13.0. The molecule has 2 aromatic rings. The predicted octanol–water partition coefficient (Wildman–Crippen LogP) is 2.20. The van der Waals surface area contributed by atoms with Gasteiger partial charge in [-0.25, -0.2) is 14.4 Å². The van der Waals surface area contributed by atoms with Crippen LogP contribution in [0.15, 0.2) is 30.6 Å². The summed E-state index contributed by atoms with van der Waals surface area (Å²) in [5, 5.41) is 3.26. The SMILES string of the molecule is COc1cc(NC2CCC(=O)N2c2ncc(F)cn2)cc(OC)c1. The summed E-state index contributed by atoms with van der Waals surface area (Å²) < 4.78 is 23.5. The highest BCUT2D eigenvalue weighted by Crippen LogP contribution is 2.29. The highest BCUT2D eigenvalue weighted by Gasteiger charge is 2.34. The van der Waals surface area contributed by atoms with Gasteiger partial charge in [0.1, 0.15) is 17.7 Å². The van der Waals surface area contributed by atoms with Crippen LogP contribution in [0.5, 0.6) is 11.5 Å². The summed E-state index contributed by atoms with van der Waals surface area (Å²) >= 11 is 0. The molecule has 7 nitrogen and oxygen atoms in total. The van der Waals surface area contributed by atoms with Gasteiger partial charge in [-0.2, -0.15) is 0 Å². The molecule has 1 aromatic heterocycles. The van der Waals surface area contributed by atoms with Gasteiger partial charge >= 0.3 is 0 Å². The molecule has 24 heavy (non-hydrogen) atoms. The van der Waals surface area contributed by atoms with Gasteiger partial charge in [0.15, 0.2) is 5.82 Å². The normalized spacial score (nSPS) is 17.0. The quantitative estimate of drug-likeness (QED) is 0.904. The maximum atomic E-state index is 13.0. The number of methoxy groups -OCH3 is 2. The molecule has 1 unspecified atom stereocenters. The monoisotopic (exact) mass is 332 g/mol. The highest BCUT2D eigenvalue weighted by molar-refractivity contribution is 5.95. The number of anilines is 2. The van der Waals surface area contributed by atoms with Crippen molar-refractivity contribution in [2.45, 2.75) is 19.0 Å². The molecule has 0 aliphatic carbocycles. The van der Waals surface area contributed by atoms with E-state index in [0.717, 1.165) is 18.1 Å². The van der Waals surface area contributed by atoms with Crippen molar-refractivity contribution in [2.24, 2.45) is 0 Å². The van der Waals surface area contributed by atoms with Crippen LogP contribution in [0.3, 0.4) is 0 Å². The number of halogens is 1. The number of benzene rings is 1. The van der Waals surface area contributed by atoms with Gasteiger partial charge in [-0.1, -0.05) is 0 Å². The molecule has 0 radical (unpaired) electrons. The smallest absolute Gasteiger partial charge is 0.233 e. The fourth-order valence-corrected chi connectivity index (χ4v) is 2.58. The first kappa shape index (κ1) is 16.0. The van der Waals surface area contributed by atoms with Crippen LogP contribution in [0.4, 0.5) is 16.0 Å². The Balaban J connectivity index is 1.85. The molecule has 3 rings (SSSR count). The van der Waals surface area contributed by atoms with Gasteiger partial charge in [-0.15, -0.1) is 0 Å². The second-order valence-electron chi connectivity index (χ2n) is 5.27. The van der Waals surface area contributed by atoms with E-state index in [4.69, 9.17) is 9.47 Å². The largest absolute Gasteiger partial charge is 0.497 e. The van der Waals surface area contributed by atoms with E-state index in [2.05, 4.69) is 15.3 Å². The van der Waals surface area contributed by atoms with Crippen molar-refractivity contribution in [1.29, 1.82) is 0 Å². The average Bonchev–Trinajstić information content (AvgIpc) is 2.95. The van der Waals surface area contributed by atoms with E-state index < -0.39 is 5.82 Å². The summed E-state index contributed by atoms with van der Waals surface area (Å²) in [5.41, 5.74) is 0.734. The van der Waals surface area contributed by atoms with Crippen LogP contribution in [0.1, 0.15) is 12.8 Å². The van der Waals surface area contributed by atoms with Crippen LogP contribution in [0, 0.1) is 5.82 Å². The number of hydrogen-bond acceptors (Lipinski definition) is 6. The molecule has 1 aliphatic heterocycles. The third kappa shape index (κ3) is 3.22. The summed E-state index contributed by atoms with van der Waals surface area (Å²) in [5.74, 6) is 0.768. The van der Waals surface area contributed by atoms with Crippen molar-refractivity contribution in [3.8, 4) is 11.5 Å². The van der Waals surface area contributed by atoms with Crippen molar-refractivity contribution in [3.63, 3.8) is 0 Å². The van der Waals surface area contributed by atoms with E-state index in [-0.39, 0.29) is 18.0 Å². The van der Waals surface area contributed by atoms with Gasteiger partial charge in [0.2, 0.25) is 11.9 Å². The van der Waals surface area contributed by atoms with E-state index in [1.165, 1.54) is 4.90 Å². The zero-order valence-corrected chi connectivity index (χ0v) is 13.3. The molecule has 126 valence electrons. The van der Waals surface area contributed by atoms with Crippen molar-refractivity contribution in [3.05, 3.63) is 36.4 Å². The lowest BCUT2D eigenvalue weighted by Gasteiger charge is -2.24. The average molecular weight is 332 g/mol. The van der Waals surface area contributed by atoms with Crippen LogP contribution in [0.25, 0.3) is 0 Å². The third-order valence-corrected chi connectivity index (χ3v) is 3.72. The number of ether oxygens (including phenoxy) is 2. The molecule has 1 amide bonds. The summed E-state index contributed by atoms with van der Waals surface area (Å²) in [6.45, 7) is 0.